The Hall–Kier alpha value is -2.78. The molecule has 0 spiro atoms. The molecule has 2 aromatic carbocycles. The van der Waals surface area contributed by atoms with Crippen LogP contribution in [0.3, 0.4) is 0 Å². The molecular weight excluding hydrogens is 431 g/mol. The Balaban J connectivity index is 1.50. The van der Waals surface area contributed by atoms with E-state index in [1.54, 1.807) is 0 Å². The van der Waals surface area contributed by atoms with E-state index in [1.807, 2.05) is 38.1 Å². The number of benzene rings is 2. The van der Waals surface area contributed by atoms with Crippen LogP contribution in [0.25, 0.3) is 11.0 Å². The van der Waals surface area contributed by atoms with Crippen LogP contribution in [-0.2, 0) is 14.8 Å². The molecule has 1 aromatic heterocycles. The number of nitrogens with one attached hydrogen (secondary N) is 2. The number of carbonyl (C=O) groups excluding carboxylic acids is 1. The van der Waals surface area contributed by atoms with E-state index in [4.69, 9.17) is 0 Å². The fourth-order valence-corrected chi connectivity index (χ4v) is 5.60. The van der Waals surface area contributed by atoms with Crippen LogP contribution in [0, 0.1) is 17.7 Å². The fourth-order valence-electron chi connectivity index (χ4n) is 4.07. The van der Waals surface area contributed by atoms with Gasteiger partial charge in [-0.05, 0) is 55.2 Å². The van der Waals surface area contributed by atoms with Gasteiger partial charge in [0.15, 0.2) is 0 Å². The number of nitrogens with zero attached hydrogens (tertiary/aromatic N) is 2. The number of H-pyrrole nitrogens is 1. The Kier molecular flexibility index (Phi) is 6.30. The van der Waals surface area contributed by atoms with Gasteiger partial charge in [-0.3, -0.25) is 4.79 Å². The van der Waals surface area contributed by atoms with Crippen molar-refractivity contribution in [2.24, 2.45) is 11.8 Å². The smallest absolute Gasteiger partial charge is 0.243 e. The molecule has 0 saturated carbocycles. The van der Waals surface area contributed by atoms with E-state index in [0.29, 0.717) is 25.2 Å². The molecule has 0 bridgehead atoms. The monoisotopic (exact) mass is 458 g/mol. The maximum Gasteiger partial charge on any atom is 0.243 e. The number of imidazole rings is 1. The van der Waals surface area contributed by atoms with E-state index in [2.05, 4.69) is 15.3 Å². The number of halogens is 1. The van der Waals surface area contributed by atoms with Crippen LogP contribution in [0.2, 0.25) is 0 Å². The molecule has 9 heteroatoms. The minimum atomic E-state index is -3.79. The highest BCUT2D eigenvalue weighted by Gasteiger charge is 2.34. The van der Waals surface area contributed by atoms with Crippen molar-refractivity contribution in [2.75, 3.05) is 13.1 Å². The number of hydrogen-bond acceptors (Lipinski definition) is 4. The maximum atomic E-state index is 13.2. The van der Waals surface area contributed by atoms with E-state index in [0.717, 1.165) is 23.2 Å². The predicted octanol–water partition coefficient (Wildman–Crippen LogP) is 3.62. The molecule has 1 fully saturated rings. The number of aromatic amines is 1. The first kappa shape index (κ1) is 22.4. The number of amides is 1. The highest BCUT2D eigenvalue weighted by atomic mass is 32.2. The first-order valence-corrected chi connectivity index (χ1v) is 12.2. The van der Waals surface area contributed by atoms with Crippen LogP contribution in [0.15, 0.2) is 53.4 Å². The van der Waals surface area contributed by atoms with Crippen LogP contribution in [0.4, 0.5) is 4.39 Å². The fraction of sp³-hybridized carbons (Fsp3) is 0.391. The van der Waals surface area contributed by atoms with Gasteiger partial charge in [-0.1, -0.05) is 26.0 Å². The third kappa shape index (κ3) is 4.54. The SMILES string of the molecule is CC(C)[C@H](NC(=O)C1CCCN(S(=O)(=O)c2ccc(F)cc2)C1)c1nc2ccccc2[nH]1. The second kappa shape index (κ2) is 8.99. The summed E-state index contributed by atoms with van der Waals surface area (Å²) >= 11 is 0. The summed E-state index contributed by atoms with van der Waals surface area (Å²) in [4.78, 5) is 21.1. The molecular formula is C23H27FN4O3S. The lowest BCUT2D eigenvalue weighted by Gasteiger charge is -2.32. The van der Waals surface area contributed by atoms with Crippen molar-refractivity contribution in [1.29, 1.82) is 0 Å². The Morgan fingerprint density at radius 1 is 1.19 bits per heavy atom. The van der Waals surface area contributed by atoms with Gasteiger partial charge >= 0.3 is 0 Å². The van der Waals surface area contributed by atoms with E-state index >= 15 is 0 Å². The second-order valence-corrected chi connectivity index (χ2v) is 10.5. The van der Waals surface area contributed by atoms with Crippen molar-refractivity contribution in [3.63, 3.8) is 0 Å². The summed E-state index contributed by atoms with van der Waals surface area (Å²) in [7, 11) is -3.79. The number of para-hydroxylation sites is 2. The zero-order chi connectivity index (χ0) is 22.9. The summed E-state index contributed by atoms with van der Waals surface area (Å²) in [5, 5.41) is 3.08. The summed E-state index contributed by atoms with van der Waals surface area (Å²) in [5.41, 5.74) is 1.73. The number of piperidine rings is 1. The minimum Gasteiger partial charge on any atom is -0.346 e. The molecule has 32 heavy (non-hydrogen) atoms. The average Bonchev–Trinajstić information content (AvgIpc) is 3.21. The average molecular weight is 459 g/mol. The molecule has 2 heterocycles. The lowest BCUT2D eigenvalue weighted by Crippen LogP contribution is -2.46. The van der Waals surface area contributed by atoms with Crippen LogP contribution in [0.1, 0.15) is 38.6 Å². The highest BCUT2D eigenvalue weighted by Crippen LogP contribution is 2.27. The largest absolute Gasteiger partial charge is 0.346 e. The standard InChI is InChI=1S/C23H27FN4O3S/c1-15(2)21(22-25-19-7-3-4-8-20(19)26-22)27-23(29)16-6-5-13-28(14-16)32(30,31)18-11-9-17(24)10-12-18/h3-4,7-12,15-16,21H,5-6,13-14H2,1-2H3,(H,25,26)(H,27,29)/t16?,21-/m0/s1. The van der Waals surface area contributed by atoms with Gasteiger partial charge in [0.05, 0.1) is 27.9 Å². The molecule has 2 atom stereocenters. The first-order chi connectivity index (χ1) is 15.3. The van der Waals surface area contributed by atoms with E-state index < -0.39 is 21.8 Å². The van der Waals surface area contributed by atoms with E-state index in [1.165, 1.54) is 16.4 Å². The molecule has 0 radical (unpaired) electrons. The number of hydrogen-bond donors (Lipinski definition) is 2. The molecule has 7 nitrogen and oxygen atoms in total. The van der Waals surface area contributed by atoms with Crippen molar-refractivity contribution in [2.45, 2.75) is 37.6 Å². The van der Waals surface area contributed by atoms with Crippen molar-refractivity contribution < 1.29 is 17.6 Å². The third-order valence-corrected chi connectivity index (χ3v) is 7.75. The van der Waals surface area contributed by atoms with Crippen molar-refractivity contribution in [3.05, 3.63) is 60.2 Å². The molecule has 1 amide bonds. The minimum absolute atomic E-state index is 0.0299. The van der Waals surface area contributed by atoms with Crippen LogP contribution in [0.5, 0.6) is 0 Å². The van der Waals surface area contributed by atoms with Crippen molar-refractivity contribution in [3.8, 4) is 0 Å². The van der Waals surface area contributed by atoms with Gasteiger partial charge in [-0.15, -0.1) is 0 Å². The van der Waals surface area contributed by atoms with Gasteiger partial charge in [0, 0.05) is 13.1 Å². The summed E-state index contributed by atoms with van der Waals surface area (Å²) < 4.78 is 40.5. The van der Waals surface area contributed by atoms with E-state index in [-0.39, 0.29) is 29.3 Å². The summed E-state index contributed by atoms with van der Waals surface area (Å²) in [6.45, 7) is 4.44. The van der Waals surface area contributed by atoms with Crippen molar-refractivity contribution in [1.82, 2.24) is 19.6 Å². The normalized spacial score (nSPS) is 18.7. The Bertz CT molecular complexity index is 1170. The van der Waals surface area contributed by atoms with Crippen LogP contribution >= 0.6 is 0 Å². The lowest BCUT2D eigenvalue weighted by molar-refractivity contribution is -0.127. The molecule has 0 aliphatic carbocycles. The lowest BCUT2D eigenvalue weighted by atomic mass is 9.96. The predicted molar refractivity (Wildman–Crippen MR) is 120 cm³/mol. The molecule has 1 unspecified atom stereocenters. The number of carbonyl (C=O) groups is 1. The highest BCUT2D eigenvalue weighted by molar-refractivity contribution is 7.89. The number of fused-ring (bicyclic) bond motifs is 1. The molecule has 1 aliphatic rings. The topological polar surface area (TPSA) is 95.2 Å². The molecule has 3 aromatic rings. The van der Waals surface area contributed by atoms with Crippen molar-refractivity contribution >= 4 is 27.0 Å². The quantitative estimate of drug-likeness (QED) is 0.590. The third-order valence-electron chi connectivity index (χ3n) is 5.87. The van der Waals surface area contributed by atoms with Gasteiger partial charge < -0.3 is 10.3 Å². The Morgan fingerprint density at radius 3 is 2.59 bits per heavy atom. The Morgan fingerprint density at radius 2 is 1.91 bits per heavy atom. The molecule has 170 valence electrons. The maximum absolute atomic E-state index is 13.2. The molecule has 1 aliphatic heterocycles. The van der Waals surface area contributed by atoms with Crippen LogP contribution in [-0.4, -0.2) is 41.7 Å². The number of aromatic nitrogens is 2. The van der Waals surface area contributed by atoms with Crippen LogP contribution < -0.4 is 5.32 Å². The summed E-state index contributed by atoms with van der Waals surface area (Å²) in [5.74, 6) is -0.388. The van der Waals surface area contributed by atoms with E-state index in [9.17, 15) is 17.6 Å². The van der Waals surface area contributed by atoms with Gasteiger partial charge in [0.1, 0.15) is 11.6 Å². The molecule has 4 rings (SSSR count). The van der Waals surface area contributed by atoms with Gasteiger partial charge in [0.25, 0.3) is 0 Å². The zero-order valence-electron chi connectivity index (χ0n) is 18.1. The van der Waals surface area contributed by atoms with Gasteiger partial charge in [0.2, 0.25) is 15.9 Å². The van der Waals surface area contributed by atoms with Gasteiger partial charge in [-0.2, -0.15) is 4.31 Å². The first-order valence-electron chi connectivity index (χ1n) is 10.8. The molecule has 1 saturated heterocycles. The summed E-state index contributed by atoms with van der Waals surface area (Å²) in [6, 6.07) is 12.1. The Labute approximate surface area is 187 Å². The zero-order valence-corrected chi connectivity index (χ0v) is 18.9. The second-order valence-electron chi connectivity index (χ2n) is 8.53. The number of rotatable bonds is 6. The van der Waals surface area contributed by atoms with Gasteiger partial charge in [-0.25, -0.2) is 17.8 Å². The molecule has 2 N–H and O–H groups in total. The summed E-state index contributed by atoms with van der Waals surface area (Å²) in [6.07, 6.45) is 1.18. The number of sulfonamides is 1.